The third kappa shape index (κ3) is 2.34. The van der Waals surface area contributed by atoms with Crippen LogP contribution in [-0.4, -0.2) is 22.6 Å². The molecule has 3 atom stereocenters. The molecule has 1 saturated carbocycles. The highest BCUT2D eigenvalue weighted by Gasteiger charge is 2.68. The minimum absolute atomic E-state index is 0.184. The number of Topliss-reactive ketones (excluding diaryl/α,β-unsaturated/α-hetero) is 2. The molecule has 5 rings (SSSR count). The fraction of sp³-hybridized carbons (Fsp3) is 0.565. The Kier molecular flexibility index (Phi) is 4.10. The Balaban J connectivity index is 2.22. The first-order chi connectivity index (χ1) is 13.4. The molecule has 2 bridgehead atoms. The van der Waals surface area contributed by atoms with E-state index in [9.17, 15) is 24.3 Å². The van der Waals surface area contributed by atoms with Gasteiger partial charge in [-0.15, -0.1) is 0 Å². The first kappa shape index (κ1) is 19.8. The number of rotatable bonds is 2. The lowest BCUT2D eigenvalue weighted by molar-refractivity contribution is -0.189. The predicted octanol–water partition coefficient (Wildman–Crippen LogP) is 3.32. The van der Waals surface area contributed by atoms with Gasteiger partial charge < -0.3 is 9.84 Å². The Morgan fingerprint density at radius 1 is 1.21 bits per heavy atom. The highest BCUT2D eigenvalue weighted by Crippen LogP contribution is 2.61. The summed E-state index contributed by atoms with van der Waals surface area (Å²) in [6.07, 6.45) is 0.570. The van der Waals surface area contributed by atoms with Crippen molar-refractivity contribution in [1.29, 1.82) is 0 Å². The van der Waals surface area contributed by atoms with Gasteiger partial charge in [-0.2, -0.15) is 0 Å². The van der Waals surface area contributed by atoms with Crippen LogP contribution in [0.25, 0.3) is 0 Å². The van der Waals surface area contributed by atoms with Crippen LogP contribution in [0.5, 0.6) is 5.75 Å². The van der Waals surface area contributed by atoms with Crippen molar-refractivity contribution in [3.8, 4) is 5.75 Å². The zero-order valence-corrected chi connectivity index (χ0v) is 17.4. The first-order valence-electron chi connectivity index (χ1n) is 10.2. The average Bonchev–Trinajstić information content (AvgIpc) is 2.71. The summed E-state index contributed by atoms with van der Waals surface area (Å²) >= 11 is 0. The zero-order valence-electron chi connectivity index (χ0n) is 17.4. The van der Waals surface area contributed by atoms with E-state index in [0.29, 0.717) is 24.0 Å². The topological polar surface area (TPSA) is 97.7 Å². The normalized spacial score (nSPS) is 29.3. The predicted molar refractivity (Wildman–Crippen MR) is 105 cm³/mol. The number of ketones is 2. The second-order valence-corrected chi connectivity index (χ2v) is 9.63. The van der Waals surface area contributed by atoms with Crippen LogP contribution in [-0.2, 0) is 19.7 Å². The largest absolute Gasteiger partial charge is 0.507 e. The molecule has 1 N–H and O–H groups in total. The molecule has 2 aliphatic carbocycles. The van der Waals surface area contributed by atoms with Crippen molar-refractivity contribution < 1.29 is 24.2 Å². The summed E-state index contributed by atoms with van der Waals surface area (Å²) < 4.78 is 5.56. The van der Waals surface area contributed by atoms with Gasteiger partial charge in [0.1, 0.15) is 16.7 Å². The number of carbonyl (C=O) groups is 3. The molecule has 29 heavy (non-hydrogen) atoms. The summed E-state index contributed by atoms with van der Waals surface area (Å²) in [5, 5.41) is 10.8. The molecule has 0 amide bonds. The number of ether oxygens (including phenoxy) is 1. The minimum Gasteiger partial charge on any atom is -0.507 e. The SMILES string of the molecule is CC(=O)c1c(O)c(C(C)C)cc2c(c1=O)[C@@]13CCCC(C)(C)[C@@H]1C(=O)[C@@H]2OC3=O. The number of esters is 1. The van der Waals surface area contributed by atoms with E-state index in [0.717, 1.165) is 6.42 Å². The maximum atomic E-state index is 13.7. The molecule has 154 valence electrons. The van der Waals surface area contributed by atoms with Gasteiger partial charge in [0.25, 0.3) is 0 Å². The van der Waals surface area contributed by atoms with E-state index >= 15 is 0 Å². The minimum atomic E-state index is -1.40. The number of hydrogen-bond acceptors (Lipinski definition) is 6. The van der Waals surface area contributed by atoms with Crippen LogP contribution in [0, 0.1) is 11.3 Å². The van der Waals surface area contributed by atoms with Crippen LogP contribution in [0.2, 0.25) is 0 Å². The quantitative estimate of drug-likeness (QED) is 0.606. The van der Waals surface area contributed by atoms with Gasteiger partial charge in [-0.25, -0.2) is 0 Å². The number of fused-ring (bicyclic) bond motifs is 1. The molecule has 2 heterocycles. The van der Waals surface area contributed by atoms with Crippen LogP contribution < -0.4 is 5.43 Å². The molecule has 0 radical (unpaired) electrons. The van der Waals surface area contributed by atoms with E-state index in [-0.39, 0.29) is 28.6 Å². The third-order valence-corrected chi connectivity index (χ3v) is 7.07. The van der Waals surface area contributed by atoms with E-state index in [1.807, 2.05) is 27.7 Å². The van der Waals surface area contributed by atoms with Gasteiger partial charge in [-0.3, -0.25) is 19.2 Å². The molecule has 0 unspecified atom stereocenters. The molecule has 4 aliphatic rings. The van der Waals surface area contributed by atoms with Crippen molar-refractivity contribution in [2.45, 2.75) is 71.3 Å². The molecular weight excluding hydrogens is 372 g/mol. The van der Waals surface area contributed by atoms with Crippen LogP contribution in [0.1, 0.15) is 93.0 Å². The van der Waals surface area contributed by atoms with E-state index < -0.39 is 40.0 Å². The van der Waals surface area contributed by atoms with Gasteiger partial charge in [0.15, 0.2) is 23.1 Å². The molecule has 6 heteroatoms. The number of aromatic hydroxyl groups is 1. The van der Waals surface area contributed by atoms with Gasteiger partial charge in [0, 0.05) is 17.0 Å². The molecule has 0 aromatic heterocycles. The van der Waals surface area contributed by atoms with Crippen molar-refractivity contribution in [3.63, 3.8) is 0 Å². The molecule has 6 nitrogen and oxygen atoms in total. The van der Waals surface area contributed by atoms with Crippen molar-refractivity contribution in [3.05, 3.63) is 38.5 Å². The van der Waals surface area contributed by atoms with E-state index in [2.05, 4.69) is 0 Å². The van der Waals surface area contributed by atoms with Crippen LogP contribution >= 0.6 is 0 Å². The van der Waals surface area contributed by atoms with Crippen LogP contribution in [0.3, 0.4) is 0 Å². The van der Waals surface area contributed by atoms with Gasteiger partial charge in [-0.1, -0.05) is 34.1 Å². The molecule has 2 fully saturated rings. The fourth-order valence-corrected chi connectivity index (χ4v) is 5.89. The lowest BCUT2D eigenvalue weighted by Crippen LogP contribution is -2.65. The summed E-state index contributed by atoms with van der Waals surface area (Å²) in [5.41, 5.74) is -1.92. The Hall–Kier alpha value is -2.50. The molecule has 1 aromatic rings. The Bertz CT molecular complexity index is 1030. The summed E-state index contributed by atoms with van der Waals surface area (Å²) in [6, 6.07) is 1.59. The molecular formula is C23H26O6. The van der Waals surface area contributed by atoms with Crippen molar-refractivity contribution in [2.24, 2.45) is 11.3 Å². The summed E-state index contributed by atoms with van der Waals surface area (Å²) in [7, 11) is 0. The second kappa shape index (κ2) is 6.00. The highest BCUT2D eigenvalue weighted by molar-refractivity contribution is 6.05. The summed E-state index contributed by atoms with van der Waals surface area (Å²) in [5.74, 6) is -2.55. The lowest BCUT2D eigenvalue weighted by atomic mass is 9.47. The number of carbonyl (C=O) groups excluding carboxylic acids is 3. The smallest absolute Gasteiger partial charge is 0.318 e. The van der Waals surface area contributed by atoms with E-state index in [1.54, 1.807) is 6.07 Å². The zero-order chi connectivity index (χ0) is 21.5. The standard InChI is InChI=1S/C23H26O6/c1-10(2)12-9-13-15(17(26)14(11(3)24)16(12)25)23-8-6-7-22(4,5)20(23)18(27)19(13)29-21(23)28/h9-10,19-20,25H,6-8H2,1-5H3/t19-,20+,23+/m1/s1. The first-order valence-corrected chi connectivity index (χ1v) is 10.2. The van der Waals surface area contributed by atoms with E-state index in [4.69, 9.17) is 4.74 Å². The molecule has 1 saturated heterocycles. The van der Waals surface area contributed by atoms with E-state index in [1.165, 1.54) is 6.92 Å². The van der Waals surface area contributed by atoms with Crippen LogP contribution in [0.4, 0.5) is 0 Å². The Morgan fingerprint density at radius 3 is 2.45 bits per heavy atom. The fourth-order valence-electron chi connectivity index (χ4n) is 5.89. The summed E-state index contributed by atoms with van der Waals surface area (Å²) in [6.45, 7) is 8.78. The molecule has 1 aromatic carbocycles. The van der Waals surface area contributed by atoms with Crippen molar-refractivity contribution >= 4 is 17.5 Å². The van der Waals surface area contributed by atoms with Crippen LogP contribution in [0.15, 0.2) is 10.9 Å². The maximum Gasteiger partial charge on any atom is 0.318 e. The molecule has 1 spiro atoms. The Labute approximate surface area is 169 Å². The average molecular weight is 398 g/mol. The lowest BCUT2D eigenvalue weighted by Gasteiger charge is -2.56. The van der Waals surface area contributed by atoms with Crippen molar-refractivity contribution in [1.82, 2.24) is 0 Å². The van der Waals surface area contributed by atoms with Gasteiger partial charge >= 0.3 is 5.97 Å². The summed E-state index contributed by atoms with van der Waals surface area (Å²) in [4.78, 5) is 52.7. The van der Waals surface area contributed by atoms with Crippen molar-refractivity contribution in [2.75, 3.05) is 0 Å². The van der Waals surface area contributed by atoms with Gasteiger partial charge in [0.05, 0.1) is 0 Å². The second-order valence-electron chi connectivity index (χ2n) is 9.63. The molecule has 2 aliphatic heterocycles. The highest BCUT2D eigenvalue weighted by atomic mass is 16.6. The van der Waals surface area contributed by atoms with Gasteiger partial charge in [-0.05, 0) is 42.7 Å². The Morgan fingerprint density at radius 2 is 1.86 bits per heavy atom. The number of hydrogen-bond donors (Lipinski definition) is 1. The monoisotopic (exact) mass is 398 g/mol. The van der Waals surface area contributed by atoms with Gasteiger partial charge in [0.2, 0.25) is 0 Å². The third-order valence-electron chi connectivity index (χ3n) is 7.07. The maximum absolute atomic E-state index is 13.7.